The lowest BCUT2D eigenvalue weighted by Crippen LogP contribution is -2.48. The zero-order valence-corrected chi connectivity index (χ0v) is 17.7. The summed E-state index contributed by atoms with van der Waals surface area (Å²) in [5.41, 5.74) is 2.32. The molecule has 2 aliphatic rings. The number of methoxy groups -OCH3 is 1. The van der Waals surface area contributed by atoms with E-state index in [0.717, 1.165) is 37.1 Å². The van der Waals surface area contributed by atoms with Gasteiger partial charge in [0.05, 0.1) is 26.2 Å². The summed E-state index contributed by atoms with van der Waals surface area (Å²) in [6, 6.07) is 3.80. The lowest BCUT2D eigenvalue weighted by Gasteiger charge is -2.47. The molecule has 3 rings (SSSR count). The lowest BCUT2D eigenvalue weighted by atomic mass is 9.75. The fourth-order valence-electron chi connectivity index (χ4n) is 4.64. The number of hydrogen-bond acceptors (Lipinski definition) is 4. The highest BCUT2D eigenvalue weighted by molar-refractivity contribution is 5.49. The molecule has 0 amide bonds. The number of hydrogen-bond donors (Lipinski definition) is 1. The number of piperidine rings is 1. The number of fused-ring (bicyclic) bond motifs is 3. The molecule has 0 saturated carbocycles. The highest BCUT2D eigenvalue weighted by Gasteiger charge is 2.40. The molecule has 164 valence electrons. The molecule has 7 heteroatoms. The van der Waals surface area contributed by atoms with E-state index < -0.39 is 19.2 Å². The lowest BCUT2D eigenvalue weighted by molar-refractivity contribution is -0.139. The van der Waals surface area contributed by atoms with E-state index in [0.29, 0.717) is 17.9 Å². The Morgan fingerprint density at radius 2 is 1.90 bits per heavy atom. The van der Waals surface area contributed by atoms with Crippen molar-refractivity contribution in [3.8, 4) is 11.5 Å². The van der Waals surface area contributed by atoms with Crippen molar-refractivity contribution in [1.29, 1.82) is 0 Å². The van der Waals surface area contributed by atoms with E-state index in [-0.39, 0.29) is 23.5 Å². The molecule has 4 nitrogen and oxygen atoms in total. The van der Waals surface area contributed by atoms with Crippen molar-refractivity contribution in [2.45, 2.75) is 64.8 Å². The Labute approximate surface area is 171 Å². The van der Waals surface area contributed by atoms with Crippen molar-refractivity contribution in [1.82, 2.24) is 4.90 Å². The average molecular weight is 415 g/mol. The first-order chi connectivity index (χ1) is 13.5. The maximum Gasteiger partial charge on any atom is 0.392 e. The Balaban J connectivity index is 1.77. The van der Waals surface area contributed by atoms with Gasteiger partial charge in [-0.1, -0.05) is 20.8 Å². The first-order valence-corrected chi connectivity index (χ1v) is 10.3. The summed E-state index contributed by atoms with van der Waals surface area (Å²) in [6.45, 7) is 7.89. The van der Waals surface area contributed by atoms with Gasteiger partial charge in [0.25, 0.3) is 0 Å². The van der Waals surface area contributed by atoms with Crippen LogP contribution in [0.3, 0.4) is 0 Å². The normalized spacial score (nSPS) is 25.3. The van der Waals surface area contributed by atoms with E-state index in [9.17, 15) is 18.3 Å². The molecule has 0 aliphatic carbocycles. The molecule has 1 fully saturated rings. The van der Waals surface area contributed by atoms with Gasteiger partial charge in [0.2, 0.25) is 0 Å². The van der Waals surface area contributed by atoms with Crippen molar-refractivity contribution in [3.05, 3.63) is 23.3 Å². The molecule has 1 N–H and O–H groups in total. The molecule has 2 aliphatic heterocycles. The largest absolute Gasteiger partial charge is 0.493 e. The van der Waals surface area contributed by atoms with Crippen molar-refractivity contribution >= 4 is 0 Å². The Kier molecular flexibility index (Phi) is 6.39. The van der Waals surface area contributed by atoms with Gasteiger partial charge >= 0.3 is 6.18 Å². The fraction of sp³-hybridized carbons (Fsp3) is 0.727. The predicted molar refractivity (Wildman–Crippen MR) is 105 cm³/mol. The summed E-state index contributed by atoms with van der Waals surface area (Å²) in [5, 5.41) is 10.8. The third kappa shape index (κ3) is 5.57. The van der Waals surface area contributed by atoms with Gasteiger partial charge in [0.1, 0.15) is 0 Å². The van der Waals surface area contributed by atoms with Gasteiger partial charge in [-0.3, -0.25) is 4.90 Å². The van der Waals surface area contributed by atoms with Gasteiger partial charge in [0.15, 0.2) is 11.5 Å². The number of ether oxygens (including phenoxy) is 2. The highest BCUT2D eigenvalue weighted by Crippen LogP contribution is 2.44. The quantitative estimate of drug-likeness (QED) is 0.754. The number of halogens is 3. The molecular weight excluding hydrogens is 383 g/mol. The fourth-order valence-corrected chi connectivity index (χ4v) is 4.64. The monoisotopic (exact) mass is 415 g/mol. The average Bonchev–Trinajstić information content (AvgIpc) is 2.59. The van der Waals surface area contributed by atoms with Crippen LogP contribution in [0.15, 0.2) is 12.1 Å². The van der Waals surface area contributed by atoms with Crippen molar-refractivity contribution < 1.29 is 27.8 Å². The SMILES string of the molecule is COc1cc2c(cc1OCCC(F)(F)F)CCN1CC(CC(C)(C)C)C(O)CC21. The molecular formula is C22H32F3NO3. The zero-order valence-electron chi connectivity index (χ0n) is 17.7. The summed E-state index contributed by atoms with van der Waals surface area (Å²) in [7, 11) is 1.49. The molecule has 0 spiro atoms. The summed E-state index contributed by atoms with van der Waals surface area (Å²) < 4.78 is 48.1. The van der Waals surface area contributed by atoms with Crippen molar-refractivity contribution in [2.75, 3.05) is 26.8 Å². The Bertz CT molecular complexity index is 714. The first-order valence-electron chi connectivity index (χ1n) is 10.3. The molecule has 1 aromatic carbocycles. The third-order valence-corrected chi connectivity index (χ3v) is 5.89. The molecule has 3 atom stereocenters. The number of benzene rings is 1. The van der Waals surface area contributed by atoms with E-state index in [2.05, 4.69) is 25.7 Å². The van der Waals surface area contributed by atoms with Crippen LogP contribution in [0.25, 0.3) is 0 Å². The van der Waals surface area contributed by atoms with Crippen molar-refractivity contribution in [2.24, 2.45) is 11.3 Å². The van der Waals surface area contributed by atoms with Crippen LogP contribution in [-0.4, -0.2) is 49.1 Å². The van der Waals surface area contributed by atoms with E-state index in [1.807, 2.05) is 12.1 Å². The smallest absolute Gasteiger partial charge is 0.392 e. The van der Waals surface area contributed by atoms with Gasteiger partial charge in [0, 0.05) is 19.1 Å². The van der Waals surface area contributed by atoms with Crippen LogP contribution in [0, 0.1) is 11.3 Å². The van der Waals surface area contributed by atoms with Gasteiger partial charge < -0.3 is 14.6 Å². The van der Waals surface area contributed by atoms with Gasteiger partial charge in [-0.05, 0) is 53.9 Å². The maximum absolute atomic E-state index is 12.4. The van der Waals surface area contributed by atoms with E-state index in [1.54, 1.807) is 0 Å². The minimum Gasteiger partial charge on any atom is -0.493 e. The first kappa shape index (κ1) is 22.2. The van der Waals surface area contributed by atoms with Crippen LogP contribution in [0.5, 0.6) is 11.5 Å². The van der Waals surface area contributed by atoms with Crippen LogP contribution in [0.4, 0.5) is 13.2 Å². The molecule has 0 radical (unpaired) electrons. The second-order valence-electron chi connectivity index (χ2n) is 9.50. The molecule has 1 saturated heterocycles. The molecule has 0 bridgehead atoms. The number of aliphatic hydroxyl groups excluding tert-OH is 1. The minimum atomic E-state index is -4.25. The number of aliphatic hydroxyl groups is 1. The summed E-state index contributed by atoms with van der Waals surface area (Å²) in [6.07, 6.45) is -3.17. The van der Waals surface area contributed by atoms with E-state index >= 15 is 0 Å². The molecule has 0 aromatic heterocycles. The van der Waals surface area contributed by atoms with Gasteiger partial charge in [-0.25, -0.2) is 0 Å². The second kappa shape index (κ2) is 8.34. The van der Waals surface area contributed by atoms with Crippen LogP contribution < -0.4 is 9.47 Å². The molecule has 2 heterocycles. The predicted octanol–water partition coefficient (Wildman–Crippen LogP) is 4.74. The van der Waals surface area contributed by atoms with E-state index in [4.69, 9.17) is 9.47 Å². The standard InChI is InChI=1S/C22H32F3NO3/c1-21(2,3)12-15-13-26-7-5-14-9-20(29-8-6-22(23,24)25)19(28-4)10-16(14)17(26)11-18(15)27/h9-10,15,17-18,27H,5-8,11-13H2,1-4H3. The molecule has 1 aromatic rings. The second-order valence-corrected chi connectivity index (χ2v) is 9.50. The van der Waals surface area contributed by atoms with Crippen LogP contribution in [0.2, 0.25) is 0 Å². The highest BCUT2D eigenvalue weighted by atomic mass is 19.4. The van der Waals surface area contributed by atoms with Crippen LogP contribution >= 0.6 is 0 Å². The third-order valence-electron chi connectivity index (χ3n) is 5.89. The maximum atomic E-state index is 12.4. The van der Waals surface area contributed by atoms with Gasteiger partial charge in [-0.15, -0.1) is 0 Å². The minimum absolute atomic E-state index is 0.100. The summed E-state index contributed by atoms with van der Waals surface area (Å²) >= 11 is 0. The van der Waals surface area contributed by atoms with Crippen LogP contribution in [-0.2, 0) is 6.42 Å². The van der Waals surface area contributed by atoms with E-state index in [1.165, 1.54) is 7.11 Å². The van der Waals surface area contributed by atoms with Crippen molar-refractivity contribution in [3.63, 3.8) is 0 Å². The number of alkyl halides is 3. The topological polar surface area (TPSA) is 41.9 Å². The summed E-state index contributed by atoms with van der Waals surface area (Å²) in [4.78, 5) is 2.43. The zero-order chi connectivity index (χ0) is 21.4. The Morgan fingerprint density at radius 3 is 2.52 bits per heavy atom. The Hall–Kier alpha value is -1.47. The van der Waals surface area contributed by atoms with Crippen LogP contribution in [0.1, 0.15) is 57.2 Å². The number of rotatable bonds is 5. The summed E-state index contributed by atoms with van der Waals surface area (Å²) in [5.74, 6) is 1.05. The van der Waals surface area contributed by atoms with Gasteiger partial charge in [-0.2, -0.15) is 13.2 Å². The Morgan fingerprint density at radius 1 is 1.17 bits per heavy atom. The molecule has 3 unspecified atom stereocenters. The number of nitrogens with zero attached hydrogens (tertiary/aromatic N) is 1. The molecule has 29 heavy (non-hydrogen) atoms.